The lowest BCUT2D eigenvalue weighted by Gasteiger charge is -2.21. The van der Waals surface area contributed by atoms with Crippen LogP contribution in [0.15, 0.2) is 48.9 Å². The molecule has 2 atom stereocenters. The molecule has 8 heteroatoms. The summed E-state index contributed by atoms with van der Waals surface area (Å²) in [6.07, 6.45) is 3.88. The molecule has 1 N–H and O–H groups in total. The molecular weight excluding hydrogens is 320 g/mol. The molecule has 0 saturated carbocycles. The summed E-state index contributed by atoms with van der Waals surface area (Å²) in [6.45, 7) is 0.499. The average molecular weight is 338 g/mol. The van der Waals surface area contributed by atoms with Crippen LogP contribution < -0.4 is 0 Å². The number of nitrogens with zero attached hydrogens (tertiary/aromatic N) is 5. The third kappa shape index (κ3) is 2.91. The normalized spacial score (nSPS) is 20.1. The predicted molar refractivity (Wildman–Crippen MR) is 89.1 cm³/mol. The Labute approximate surface area is 144 Å². The zero-order valence-electron chi connectivity index (χ0n) is 13.7. The molecule has 4 rings (SSSR count). The molecule has 0 bridgehead atoms. The topological polar surface area (TPSA) is 88.9 Å². The first-order valence-electron chi connectivity index (χ1n) is 8.06. The molecule has 3 aromatic rings. The van der Waals surface area contributed by atoms with Crippen molar-refractivity contribution in [3.63, 3.8) is 0 Å². The van der Waals surface area contributed by atoms with E-state index in [0.29, 0.717) is 24.5 Å². The Kier molecular flexibility index (Phi) is 4.02. The van der Waals surface area contributed by atoms with Crippen molar-refractivity contribution in [3.8, 4) is 5.69 Å². The lowest BCUT2D eigenvalue weighted by molar-refractivity contribution is 0.0678. The van der Waals surface area contributed by atoms with E-state index >= 15 is 0 Å². The standard InChI is InChI=1S/C17H18N6O2/c1-25-13-9-15(16-18-11-19-20-16)22(10-13)17(24)14-7-8-23(21-14)12-5-3-2-4-6-12/h2-8,11,13,15H,9-10H2,1H3,(H,18,19,20)/t13-,15+/m1/s1. The third-order valence-electron chi connectivity index (χ3n) is 4.44. The second kappa shape index (κ2) is 6.48. The van der Waals surface area contributed by atoms with Crippen molar-refractivity contribution in [2.24, 2.45) is 0 Å². The summed E-state index contributed by atoms with van der Waals surface area (Å²) in [6, 6.07) is 11.2. The van der Waals surface area contributed by atoms with Crippen LogP contribution in [0.5, 0.6) is 0 Å². The molecule has 1 aromatic carbocycles. The van der Waals surface area contributed by atoms with E-state index in [-0.39, 0.29) is 18.1 Å². The van der Waals surface area contributed by atoms with Crippen LogP contribution in [0.4, 0.5) is 0 Å². The highest BCUT2D eigenvalue weighted by molar-refractivity contribution is 5.92. The molecule has 25 heavy (non-hydrogen) atoms. The molecule has 0 unspecified atom stereocenters. The summed E-state index contributed by atoms with van der Waals surface area (Å²) in [5, 5.41) is 11.2. The number of carbonyl (C=O) groups excluding carboxylic acids is 1. The minimum Gasteiger partial charge on any atom is -0.380 e. The number of methoxy groups -OCH3 is 1. The van der Waals surface area contributed by atoms with E-state index in [1.807, 2.05) is 30.3 Å². The molecule has 2 aromatic heterocycles. The monoisotopic (exact) mass is 338 g/mol. The highest BCUT2D eigenvalue weighted by Crippen LogP contribution is 2.32. The fraction of sp³-hybridized carbons (Fsp3) is 0.294. The van der Waals surface area contributed by atoms with E-state index in [9.17, 15) is 4.79 Å². The van der Waals surface area contributed by atoms with Gasteiger partial charge in [0.05, 0.1) is 17.8 Å². The van der Waals surface area contributed by atoms with E-state index in [1.165, 1.54) is 6.33 Å². The van der Waals surface area contributed by atoms with Crippen LogP contribution in [-0.4, -0.2) is 55.5 Å². The third-order valence-corrected chi connectivity index (χ3v) is 4.44. The second-order valence-corrected chi connectivity index (χ2v) is 5.92. The molecule has 128 valence electrons. The first kappa shape index (κ1) is 15.5. The molecule has 0 radical (unpaired) electrons. The van der Waals surface area contributed by atoms with Gasteiger partial charge in [0.1, 0.15) is 12.2 Å². The predicted octanol–water partition coefficient (Wildman–Crippen LogP) is 1.59. The van der Waals surface area contributed by atoms with Gasteiger partial charge in [0, 0.05) is 26.3 Å². The van der Waals surface area contributed by atoms with Crippen molar-refractivity contribution in [1.29, 1.82) is 0 Å². The Morgan fingerprint density at radius 2 is 2.12 bits per heavy atom. The van der Waals surface area contributed by atoms with E-state index in [2.05, 4.69) is 20.3 Å². The molecule has 1 saturated heterocycles. The van der Waals surface area contributed by atoms with Crippen molar-refractivity contribution in [3.05, 3.63) is 60.4 Å². The van der Waals surface area contributed by atoms with Crippen LogP contribution >= 0.6 is 0 Å². The number of para-hydroxylation sites is 1. The van der Waals surface area contributed by atoms with Gasteiger partial charge in [0.25, 0.3) is 5.91 Å². The zero-order valence-corrected chi connectivity index (χ0v) is 13.7. The number of benzene rings is 1. The number of amides is 1. The summed E-state index contributed by atoms with van der Waals surface area (Å²) in [5.74, 6) is 0.519. The van der Waals surface area contributed by atoms with Crippen molar-refractivity contribution in [2.45, 2.75) is 18.6 Å². The maximum absolute atomic E-state index is 13.0. The molecule has 3 heterocycles. The first-order valence-corrected chi connectivity index (χ1v) is 8.06. The maximum Gasteiger partial charge on any atom is 0.275 e. The largest absolute Gasteiger partial charge is 0.380 e. The molecule has 0 aliphatic carbocycles. The minimum atomic E-state index is -0.193. The highest BCUT2D eigenvalue weighted by atomic mass is 16.5. The Morgan fingerprint density at radius 3 is 2.84 bits per heavy atom. The van der Waals surface area contributed by atoms with Gasteiger partial charge in [-0.2, -0.15) is 10.2 Å². The van der Waals surface area contributed by atoms with Crippen LogP contribution in [-0.2, 0) is 4.74 Å². The zero-order chi connectivity index (χ0) is 17.2. The number of hydrogen-bond donors (Lipinski definition) is 1. The van der Waals surface area contributed by atoms with Crippen LogP contribution in [0.25, 0.3) is 5.69 Å². The van der Waals surface area contributed by atoms with Gasteiger partial charge < -0.3 is 9.64 Å². The molecule has 1 aliphatic rings. The van der Waals surface area contributed by atoms with Gasteiger partial charge >= 0.3 is 0 Å². The van der Waals surface area contributed by atoms with Gasteiger partial charge in [-0.25, -0.2) is 9.67 Å². The summed E-state index contributed by atoms with van der Waals surface area (Å²) in [5.41, 5.74) is 1.30. The van der Waals surface area contributed by atoms with Crippen molar-refractivity contribution in [2.75, 3.05) is 13.7 Å². The number of hydrogen-bond acceptors (Lipinski definition) is 5. The Hall–Kier alpha value is -3.00. The van der Waals surface area contributed by atoms with Crippen LogP contribution in [0.1, 0.15) is 28.8 Å². The van der Waals surface area contributed by atoms with Crippen LogP contribution in [0.2, 0.25) is 0 Å². The van der Waals surface area contributed by atoms with E-state index in [1.54, 1.807) is 29.0 Å². The lowest BCUT2D eigenvalue weighted by Crippen LogP contribution is -2.32. The number of likely N-dealkylation sites (tertiary alicyclic amines) is 1. The number of rotatable bonds is 4. The fourth-order valence-electron chi connectivity index (χ4n) is 3.14. The quantitative estimate of drug-likeness (QED) is 0.780. The number of aromatic nitrogens is 5. The van der Waals surface area contributed by atoms with Gasteiger partial charge in [0.2, 0.25) is 0 Å². The van der Waals surface area contributed by atoms with Crippen LogP contribution in [0, 0.1) is 0 Å². The molecular formula is C17H18N6O2. The van der Waals surface area contributed by atoms with Gasteiger partial charge in [-0.1, -0.05) is 18.2 Å². The van der Waals surface area contributed by atoms with Crippen molar-refractivity contribution >= 4 is 5.91 Å². The SMILES string of the molecule is CO[C@@H]1C[C@@H](c2ncn[nH]2)N(C(=O)c2ccn(-c3ccccc3)n2)C1. The van der Waals surface area contributed by atoms with Gasteiger partial charge in [-0.3, -0.25) is 9.89 Å². The Balaban J connectivity index is 1.60. The van der Waals surface area contributed by atoms with Crippen LogP contribution in [0.3, 0.4) is 0 Å². The van der Waals surface area contributed by atoms with Gasteiger partial charge in [-0.15, -0.1) is 0 Å². The summed E-state index contributed by atoms with van der Waals surface area (Å²) in [4.78, 5) is 18.9. The van der Waals surface area contributed by atoms with Gasteiger partial charge in [-0.05, 0) is 18.2 Å². The van der Waals surface area contributed by atoms with E-state index < -0.39 is 0 Å². The molecule has 1 aliphatic heterocycles. The number of nitrogens with one attached hydrogen (secondary N) is 1. The lowest BCUT2D eigenvalue weighted by atomic mass is 10.2. The first-order chi connectivity index (χ1) is 12.3. The number of H-pyrrole nitrogens is 1. The molecule has 8 nitrogen and oxygen atoms in total. The minimum absolute atomic E-state index is 0.0322. The fourth-order valence-corrected chi connectivity index (χ4v) is 3.14. The summed E-state index contributed by atoms with van der Waals surface area (Å²) < 4.78 is 7.14. The maximum atomic E-state index is 13.0. The number of carbonyl (C=O) groups is 1. The number of ether oxygens (including phenoxy) is 1. The van der Waals surface area contributed by atoms with E-state index in [4.69, 9.17) is 4.74 Å². The summed E-state index contributed by atoms with van der Waals surface area (Å²) in [7, 11) is 1.65. The molecule has 1 fully saturated rings. The highest BCUT2D eigenvalue weighted by Gasteiger charge is 2.39. The second-order valence-electron chi connectivity index (χ2n) is 5.92. The van der Waals surface area contributed by atoms with Crippen molar-refractivity contribution < 1.29 is 9.53 Å². The summed E-state index contributed by atoms with van der Waals surface area (Å²) >= 11 is 0. The molecule has 0 spiro atoms. The van der Waals surface area contributed by atoms with E-state index in [0.717, 1.165) is 5.69 Å². The Morgan fingerprint density at radius 1 is 1.28 bits per heavy atom. The molecule has 1 amide bonds. The van der Waals surface area contributed by atoms with Gasteiger partial charge in [0.15, 0.2) is 5.69 Å². The Bertz CT molecular complexity index is 845. The number of aromatic amines is 1. The smallest absolute Gasteiger partial charge is 0.275 e. The average Bonchev–Trinajstić information content (AvgIpc) is 3.41. The van der Waals surface area contributed by atoms with Crippen molar-refractivity contribution in [1.82, 2.24) is 29.9 Å².